The Bertz CT molecular complexity index is 491. The largest absolute Gasteiger partial charge is 0.315 e. The molecule has 0 saturated carbocycles. The Labute approximate surface area is 108 Å². The van der Waals surface area contributed by atoms with Crippen LogP contribution in [-0.2, 0) is 10.0 Å². The summed E-state index contributed by atoms with van der Waals surface area (Å²) in [4.78, 5) is 0. The van der Waals surface area contributed by atoms with Crippen LogP contribution in [-0.4, -0.2) is 27.5 Å². The van der Waals surface area contributed by atoms with E-state index in [2.05, 4.69) is 10.0 Å². The van der Waals surface area contributed by atoms with Crippen molar-refractivity contribution in [2.45, 2.75) is 18.9 Å². The monoisotopic (exact) mass is 266 g/mol. The van der Waals surface area contributed by atoms with E-state index in [0.717, 1.165) is 24.9 Å². The summed E-state index contributed by atoms with van der Waals surface area (Å²) in [7, 11) is -3.35. The molecule has 1 fully saturated rings. The van der Waals surface area contributed by atoms with Crippen molar-refractivity contribution in [3.05, 3.63) is 41.3 Å². The molecule has 0 aliphatic carbocycles. The van der Waals surface area contributed by atoms with E-state index in [0.29, 0.717) is 6.54 Å². The second kappa shape index (κ2) is 6.13. The van der Waals surface area contributed by atoms with E-state index < -0.39 is 10.0 Å². The van der Waals surface area contributed by atoms with Crippen LogP contribution in [0.3, 0.4) is 0 Å². The van der Waals surface area contributed by atoms with Gasteiger partial charge < -0.3 is 5.32 Å². The summed E-state index contributed by atoms with van der Waals surface area (Å²) in [6.07, 6.45) is 3.51. The molecular weight excluding hydrogens is 248 g/mol. The number of sulfonamides is 1. The molecule has 0 bridgehead atoms. The number of rotatable bonds is 4. The second-order valence-electron chi connectivity index (χ2n) is 4.42. The zero-order valence-corrected chi connectivity index (χ0v) is 11.0. The lowest BCUT2D eigenvalue weighted by Gasteiger charge is -2.22. The van der Waals surface area contributed by atoms with Crippen molar-refractivity contribution in [3.8, 4) is 0 Å². The van der Waals surface area contributed by atoms with E-state index in [-0.39, 0.29) is 6.04 Å². The Hall–Kier alpha value is -1.17. The van der Waals surface area contributed by atoms with Crippen molar-refractivity contribution in [3.63, 3.8) is 0 Å². The van der Waals surface area contributed by atoms with Gasteiger partial charge in [0.2, 0.25) is 10.0 Å². The Morgan fingerprint density at radius 3 is 2.72 bits per heavy atom. The van der Waals surface area contributed by atoms with Gasteiger partial charge in [0, 0.05) is 18.0 Å². The predicted molar refractivity (Wildman–Crippen MR) is 73.4 cm³/mol. The molecule has 1 aliphatic heterocycles. The van der Waals surface area contributed by atoms with E-state index >= 15 is 0 Å². The number of nitrogens with one attached hydrogen (secondary N) is 2. The lowest BCUT2D eigenvalue weighted by Crippen LogP contribution is -2.44. The zero-order chi connectivity index (χ0) is 12.8. The molecule has 5 heteroatoms. The van der Waals surface area contributed by atoms with Gasteiger partial charge in [-0.05, 0) is 31.0 Å². The Morgan fingerprint density at radius 2 is 2.06 bits per heavy atom. The summed E-state index contributed by atoms with van der Waals surface area (Å²) in [6, 6.07) is 9.40. The fraction of sp³-hybridized carbons (Fsp3) is 0.385. The fourth-order valence-corrected chi connectivity index (χ4v) is 3.04. The molecule has 18 heavy (non-hydrogen) atoms. The maximum atomic E-state index is 11.8. The smallest absolute Gasteiger partial charge is 0.234 e. The zero-order valence-electron chi connectivity index (χ0n) is 10.2. The molecule has 2 N–H and O–H groups in total. The van der Waals surface area contributed by atoms with Crippen LogP contribution in [0.25, 0.3) is 6.08 Å². The topological polar surface area (TPSA) is 58.2 Å². The minimum atomic E-state index is -3.35. The Morgan fingerprint density at radius 1 is 1.28 bits per heavy atom. The summed E-state index contributed by atoms with van der Waals surface area (Å²) >= 11 is 0. The standard InChI is InChI=1S/C13H18N2O2S/c16-18(17,15-13-7-4-9-14-11-13)10-8-12-5-2-1-3-6-12/h1-3,5-6,8,10,13-15H,4,7,9,11H2. The molecule has 0 amide bonds. The maximum Gasteiger partial charge on any atom is 0.234 e. The number of benzene rings is 1. The highest BCUT2D eigenvalue weighted by atomic mass is 32.2. The highest BCUT2D eigenvalue weighted by Crippen LogP contribution is 2.06. The van der Waals surface area contributed by atoms with Crippen LogP contribution in [0.4, 0.5) is 0 Å². The molecule has 0 aromatic heterocycles. The third-order valence-electron chi connectivity index (χ3n) is 2.87. The first-order valence-corrected chi connectivity index (χ1v) is 7.66. The van der Waals surface area contributed by atoms with Gasteiger partial charge in [0.25, 0.3) is 0 Å². The van der Waals surface area contributed by atoms with Crippen molar-refractivity contribution in [1.29, 1.82) is 0 Å². The van der Waals surface area contributed by atoms with Gasteiger partial charge in [-0.1, -0.05) is 30.3 Å². The van der Waals surface area contributed by atoms with Gasteiger partial charge in [-0.15, -0.1) is 0 Å². The number of hydrogen-bond donors (Lipinski definition) is 2. The molecular formula is C13H18N2O2S. The van der Waals surface area contributed by atoms with E-state index in [9.17, 15) is 8.42 Å². The first-order valence-electron chi connectivity index (χ1n) is 6.12. The third-order valence-corrected chi connectivity index (χ3v) is 4.02. The summed E-state index contributed by atoms with van der Waals surface area (Å²) < 4.78 is 26.4. The molecule has 1 aliphatic rings. The lowest BCUT2D eigenvalue weighted by atomic mass is 10.1. The molecule has 1 unspecified atom stereocenters. The summed E-state index contributed by atoms with van der Waals surface area (Å²) in [5, 5.41) is 4.41. The van der Waals surface area contributed by atoms with Crippen LogP contribution < -0.4 is 10.0 Å². The summed E-state index contributed by atoms with van der Waals surface area (Å²) in [6.45, 7) is 1.68. The van der Waals surface area contributed by atoms with Crippen molar-refractivity contribution < 1.29 is 8.42 Å². The predicted octanol–water partition coefficient (Wildman–Crippen LogP) is 1.33. The molecule has 1 atom stereocenters. The number of hydrogen-bond acceptors (Lipinski definition) is 3. The van der Waals surface area contributed by atoms with Crippen LogP contribution >= 0.6 is 0 Å². The van der Waals surface area contributed by atoms with Crippen molar-refractivity contribution >= 4 is 16.1 Å². The van der Waals surface area contributed by atoms with Crippen LogP contribution in [0.5, 0.6) is 0 Å². The van der Waals surface area contributed by atoms with Gasteiger partial charge in [0.05, 0.1) is 0 Å². The Balaban J connectivity index is 1.96. The van der Waals surface area contributed by atoms with Crippen molar-refractivity contribution in [2.75, 3.05) is 13.1 Å². The third kappa shape index (κ3) is 4.25. The highest BCUT2D eigenvalue weighted by molar-refractivity contribution is 7.92. The van der Waals surface area contributed by atoms with E-state index in [1.54, 1.807) is 6.08 Å². The maximum absolute atomic E-state index is 11.8. The minimum Gasteiger partial charge on any atom is -0.315 e. The van der Waals surface area contributed by atoms with Crippen LogP contribution in [0.15, 0.2) is 35.7 Å². The second-order valence-corrected chi connectivity index (χ2v) is 6.02. The molecule has 2 rings (SSSR count). The van der Waals surface area contributed by atoms with Gasteiger partial charge in [0.15, 0.2) is 0 Å². The summed E-state index contributed by atoms with van der Waals surface area (Å²) in [5.74, 6) is 0. The van der Waals surface area contributed by atoms with E-state index in [1.165, 1.54) is 5.41 Å². The van der Waals surface area contributed by atoms with Gasteiger partial charge in [0.1, 0.15) is 0 Å². The quantitative estimate of drug-likeness (QED) is 0.864. The molecule has 0 radical (unpaired) electrons. The molecule has 1 aromatic carbocycles. The van der Waals surface area contributed by atoms with Gasteiger partial charge in [-0.2, -0.15) is 0 Å². The molecule has 1 heterocycles. The lowest BCUT2D eigenvalue weighted by molar-refractivity contribution is 0.430. The molecule has 0 spiro atoms. The highest BCUT2D eigenvalue weighted by Gasteiger charge is 2.17. The normalized spacial score (nSPS) is 21.2. The minimum absolute atomic E-state index is 0.00386. The van der Waals surface area contributed by atoms with Gasteiger partial charge in [-0.25, -0.2) is 13.1 Å². The van der Waals surface area contributed by atoms with Gasteiger partial charge >= 0.3 is 0 Å². The van der Waals surface area contributed by atoms with Crippen LogP contribution in [0.1, 0.15) is 18.4 Å². The average molecular weight is 266 g/mol. The fourth-order valence-electron chi connectivity index (χ4n) is 1.96. The van der Waals surface area contributed by atoms with Crippen LogP contribution in [0.2, 0.25) is 0 Å². The summed E-state index contributed by atoms with van der Waals surface area (Å²) in [5.41, 5.74) is 0.879. The molecule has 4 nitrogen and oxygen atoms in total. The molecule has 1 saturated heterocycles. The molecule has 1 aromatic rings. The van der Waals surface area contributed by atoms with E-state index in [1.807, 2.05) is 30.3 Å². The number of piperidine rings is 1. The Kier molecular flexibility index (Phi) is 4.52. The first-order chi connectivity index (χ1) is 8.66. The SMILES string of the molecule is O=S(=O)(C=Cc1ccccc1)NC1CCCNC1. The van der Waals surface area contributed by atoms with Crippen molar-refractivity contribution in [1.82, 2.24) is 10.0 Å². The van der Waals surface area contributed by atoms with Crippen molar-refractivity contribution in [2.24, 2.45) is 0 Å². The van der Waals surface area contributed by atoms with Gasteiger partial charge in [-0.3, -0.25) is 0 Å². The molecule has 98 valence electrons. The van der Waals surface area contributed by atoms with Crippen LogP contribution in [0, 0.1) is 0 Å². The average Bonchev–Trinajstić information content (AvgIpc) is 2.38. The van der Waals surface area contributed by atoms with E-state index in [4.69, 9.17) is 0 Å². The first kappa shape index (κ1) is 13.3.